The maximum Gasteiger partial charge on any atom is 0.290 e. The minimum absolute atomic E-state index is 0.0501. The van der Waals surface area contributed by atoms with E-state index in [1.165, 1.54) is 35.7 Å². The molecular weight excluding hydrogens is 698 g/mol. The fourth-order valence-electron chi connectivity index (χ4n) is 5.81. The minimum Gasteiger partial charge on any atom is -0.543 e. The van der Waals surface area contributed by atoms with Gasteiger partial charge in [-0.15, -0.1) is 23.5 Å². The molecule has 3 aromatic rings. The topological polar surface area (TPSA) is 163 Å². The van der Waals surface area contributed by atoms with Crippen molar-refractivity contribution in [2.45, 2.75) is 30.9 Å². The number of aromatic nitrogens is 1. The molecule has 0 unspecified atom stereocenters. The molecule has 3 aliphatic heterocycles. The first kappa shape index (κ1) is 35.4. The second kappa shape index (κ2) is 15.6. The van der Waals surface area contributed by atoms with Crippen molar-refractivity contribution < 1.29 is 43.1 Å². The van der Waals surface area contributed by atoms with Gasteiger partial charge in [-0.2, -0.15) is 4.57 Å². The van der Waals surface area contributed by atoms with Crippen LogP contribution in [-0.2, 0) is 37.1 Å². The van der Waals surface area contributed by atoms with E-state index in [-0.39, 0.29) is 47.8 Å². The molecule has 51 heavy (non-hydrogen) atoms. The monoisotopic (exact) mass is 729 g/mol. The van der Waals surface area contributed by atoms with Crippen LogP contribution in [0.15, 0.2) is 101 Å². The van der Waals surface area contributed by atoms with Gasteiger partial charge < -0.3 is 30.5 Å². The van der Waals surface area contributed by atoms with Crippen LogP contribution in [0.3, 0.4) is 0 Å². The highest BCUT2D eigenvalue weighted by atomic mass is 32.2. The zero-order valence-electron chi connectivity index (χ0n) is 27.0. The van der Waals surface area contributed by atoms with Crippen LogP contribution in [0.4, 0.5) is 10.1 Å². The Morgan fingerprint density at radius 2 is 1.84 bits per heavy atom. The fourth-order valence-corrected chi connectivity index (χ4v) is 7.70. The van der Waals surface area contributed by atoms with Crippen molar-refractivity contribution in [3.05, 3.63) is 118 Å². The highest BCUT2D eigenvalue weighted by Gasteiger charge is 2.52. The number of benzene rings is 2. The van der Waals surface area contributed by atoms with Crippen LogP contribution >= 0.6 is 23.5 Å². The standard InChI is InChI=1S/C36H32FN5O7S2/c37-27-17-26(6-7-28(27)43)38-29(44)19-40-12-8-23(9-13-40)18-41-14-10-24(33(41)46)16-25-20-51-35-31(34(47)42(35)32(25)36(48)49)39-30(45)21-50-15-11-22-4-2-1-3-5-22/h1-9,11-13,15-17,31,35H,10,14,18-21H2,(H3-,38,39,43,44,45,48,49)/b15-11-,24-16+/t31-,35-/m1/s1. The number of hydrogen-bond donors (Lipinski definition) is 3. The summed E-state index contributed by atoms with van der Waals surface area (Å²) in [5.41, 5.74) is 2.43. The number of nitrogens with one attached hydrogen (secondary N) is 2. The molecule has 6 rings (SSSR count). The first-order valence-corrected chi connectivity index (χ1v) is 17.9. The molecule has 0 bridgehead atoms. The number of phenolic OH excluding ortho intramolecular Hbond substituents is 1. The van der Waals surface area contributed by atoms with Gasteiger partial charge in [-0.05, 0) is 52.8 Å². The molecule has 2 fully saturated rings. The molecule has 0 aliphatic carbocycles. The number of likely N-dealkylation sites (tertiary alicyclic amines) is 1. The number of thioether (sulfide) groups is 2. The number of amides is 4. The first-order chi connectivity index (χ1) is 24.6. The molecule has 1 aromatic heterocycles. The van der Waals surface area contributed by atoms with Crippen molar-refractivity contribution in [2.24, 2.45) is 0 Å². The Hall–Kier alpha value is -5.41. The molecule has 2 saturated heterocycles. The number of allylic oxidation sites excluding steroid dienone is 1. The quantitative estimate of drug-likeness (QED) is 0.110. The lowest BCUT2D eigenvalue weighted by molar-refractivity contribution is -0.684. The van der Waals surface area contributed by atoms with Gasteiger partial charge in [0, 0.05) is 48.3 Å². The number of carbonyl (C=O) groups is 5. The molecule has 3 N–H and O–H groups in total. The van der Waals surface area contributed by atoms with E-state index in [0.717, 1.165) is 28.2 Å². The summed E-state index contributed by atoms with van der Waals surface area (Å²) in [6.07, 6.45) is 7.14. The molecular formula is C36H32FN5O7S2. The van der Waals surface area contributed by atoms with E-state index in [1.807, 2.05) is 36.4 Å². The number of halogens is 1. The molecule has 0 spiro atoms. The number of fused-ring (bicyclic) bond motifs is 1. The number of carboxylic acids is 1. The van der Waals surface area contributed by atoms with Crippen LogP contribution in [0, 0.1) is 5.82 Å². The number of pyridine rings is 1. The molecule has 3 aliphatic rings. The highest BCUT2D eigenvalue weighted by molar-refractivity contribution is 8.02. The number of phenols is 1. The number of aliphatic carboxylic acids is 1. The van der Waals surface area contributed by atoms with E-state index in [2.05, 4.69) is 10.6 Å². The van der Waals surface area contributed by atoms with Gasteiger partial charge in [-0.25, -0.2) is 4.39 Å². The Morgan fingerprint density at radius 3 is 2.57 bits per heavy atom. The van der Waals surface area contributed by atoms with E-state index in [9.17, 15) is 38.6 Å². The second-order valence-electron chi connectivity index (χ2n) is 11.9. The molecule has 12 nitrogen and oxygen atoms in total. The number of hydrogen-bond acceptors (Lipinski definition) is 9. The van der Waals surface area contributed by atoms with Gasteiger partial charge in [-0.3, -0.25) is 24.1 Å². The van der Waals surface area contributed by atoms with E-state index in [0.29, 0.717) is 24.1 Å². The number of rotatable bonds is 12. The van der Waals surface area contributed by atoms with E-state index >= 15 is 0 Å². The fraction of sp³-hybridized carbons (Fsp3) is 0.222. The molecule has 15 heteroatoms. The largest absolute Gasteiger partial charge is 0.543 e. The Balaban J connectivity index is 1.02. The maximum atomic E-state index is 13.6. The number of anilines is 1. The van der Waals surface area contributed by atoms with Gasteiger partial charge in [0.2, 0.25) is 18.4 Å². The predicted molar refractivity (Wildman–Crippen MR) is 186 cm³/mol. The van der Waals surface area contributed by atoms with Crippen LogP contribution in [0.1, 0.15) is 17.5 Å². The lowest BCUT2D eigenvalue weighted by atomic mass is 10.0. The SMILES string of the molecule is O=C(C[n+]1ccc(CN2CC/C(=C\C3=C(C(=O)[O-])N4C(=O)[C@@H](NC(=O)CS/C=C\c5ccccc5)[C@H]4SC3)C2=O)cc1)Nc1ccc(O)c(F)c1. The Morgan fingerprint density at radius 1 is 1.08 bits per heavy atom. The molecule has 4 heterocycles. The number of nitrogens with zero attached hydrogens (tertiary/aromatic N) is 3. The summed E-state index contributed by atoms with van der Waals surface area (Å²) in [5.74, 6) is -4.14. The summed E-state index contributed by atoms with van der Waals surface area (Å²) in [6, 6.07) is 15.8. The van der Waals surface area contributed by atoms with Gasteiger partial charge in [-0.1, -0.05) is 30.3 Å². The summed E-state index contributed by atoms with van der Waals surface area (Å²) < 4.78 is 15.2. The van der Waals surface area contributed by atoms with Crippen molar-refractivity contribution in [3.8, 4) is 5.75 Å². The molecule has 0 saturated carbocycles. The number of carbonyl (C=O) groups excluding carboxylic acids is 5. The van der Waals surface area contributed by atoms with Gasteiger partial charge >= 0.3 is 0 Å². The second-order valence-corrected chi connectivity index (χ2v) is 13.9. The first-order valence-electron chi connectivity index (χ1n) is 15.9. The van der Waals surface area contributed by atoms with Crippen molar-refractivity contribution in [1.29, 1.82) is 0 Å². The number of β-lactam (4-membered cyclic amide) rings is 1. The zero-order chi connectivity index (χ0) is 36.1. The summed E-state index contributed by atoms with van der Waals surface area (Å²) in [7, 11) is 0. The van der Waals surface area contributed by atoms with Crippen molar-refractivity contribution in [1.82, 2.24) is 15.1 Å². The average Bonchev–Trinajstić information content (AvgIpc) is 3.45. The van der Waals surface area contributed by atoms with Gasteiger partial charge in [0.05, 0.1) is 17.4 Å². The van der Waals surface area contributed by atoms with Crippen LogP contribution in [0.5, 0.6) is 5.75 Å². The van der Waals surface area contributed by atoms with Crippen molar-refractivity contribution >= 4 is 64.9 Å². The van der Waals surface area contributed by atoms with Crippen LogP contribution in [0.25, 0.3) is 6.08 Å². The third kappa shape index (κ3) is 8.32. The lowest BCUT2D eigenvalue weighted by Crippen LogP contribution is -2.71. The zero-order valence-corrected chi connectivity index (χ0v) is 28.6. The third-order valence-corrected chi connectivity index (χ3v) is 10.4. The van der Waals surface area contributed by atoms with Crippen molar-refractivity contribution in [2.75, 3.05) is 23.4 Å². The molecule has 2 atom stereocenters. The maximum absolute atomic E-state index is 13.6. The summed E-state index contributed by atoms with van der Waals surface area (Å²) in [4.78, 5) is 66.3. The van der Waals surface area contributed by atoms with Gasteiger partial charge in [0.15, 0.2) is 24.0 Å². The predicted octanol–water partition coefficient (Wildman–Crippen LogP) is 1.92. The average molecular weight is 730 g/mol. The molecule has 0 radical (unpaired) electrons. The Labute approximate surface area is 300 Å². The number of aromatic hydroxyl groups is 1. The normalized spacial score (nSPS) is 19.4. The summed E-state index contributed by atoms with van der Waals surface area (Å²) in [5, 5.41) is 28.0. The third-order valence-electron chi connectivity index (χ3n) is 8.33. The lowest BCUT2D eigenvalue weighted by Gasteiger charge is -2.50. The van der Waals surface area contributed by atoms with E-state index < -0.39 is 40.8 Å². The molecule has 4 amide bonds. The number of carboxylic acid groups (broad SMARTS) is 1. The molecule has 2 aromatic carbocycles. The Bertz CT molecular complexity index is 1970. The summed E-state index contributed by atoms with van der Waals surface area (Å²) in [6.45, 7) is 0.640. The van der Waals surface area contributed by atoms with Crippen molar-refractivity contribution in [3.63, 3.8) is 0 Å². The van der Waals surface area contributed by atoms with Gasteiger partial charge in [0.1, 0.15) is 11.4 Å². The minimum atomic E-state index is -1.53. The van der Waals surface area contributed by atoms with Crippen LogP contribution in [-0.4, -0.2) is 74.0 Å². The van der Waals surface area contributed by atoms with E-state index in [4.69, 9.17) is 0 Å². The van der Waals surface area contributed by atoms with Crippen LogP contribution < -0.4 is 20.3 Å². The summed E-state index contributed by atoms with van der Waals surface area (Å²) >= 11 is 2.59. The molecule has 262 valence electrons. The van der Waals surface area contributed by atoms with Crippen LogP contribution in [0.2, 0.25) is 0 Å². The van der Waals surface area contributed by atoms with E-state index in [1.54, 1.807) is 39.4 Å². The highest BCUT2D eigenvalue weighted by Crippen LogP contribution is 2.41. The van der Waals surface area contributed by atoms with Gasteiger partial charge in [0.25, 0.3) is 11.8 Å². The smallest absolute Gasteiger partial charge is 0.290 e. The Kier molecular flexibility index (Phi) is 10.9.